The third kappa shape index (κ3) is 3.72. The molecule has 2 aliphatic rings. The van der Waals surface area contributed by atoms with Gasteiger partial charge in [0.25, 0.3) is 5.91 Å². The van der Waals surface area contributed by atoms with Crippen LogP contribution < -0.4 is 15.8 Å². The number of primary amides is 1. The van der Waals surface area contributed by atoms with E-state index in [2.05, 4.69) is 20.3 Å². The number of aliphatic hydroxyl groups is 1. The first kappa shape index (κ1) is 26.0. The summed E-state index contributed by atoms with van der Waals surface area (Å²) in [5.74, 6) is -2.43. The maximum absolute atomic E-state index is 14.5. The Balaban J connectivity index is 1.43. The largest absolute Gasteiger partial charge is 0.486 e. The van der Waals surface area contributed by atoms with Crippen LogP contribution in [0.1, 0.15) is 28.0 Å². The van der Waals surface area contributed by atoms with Crippen molar-refractivity contribution >= 4 is 34.4 Å². The van der Waals surface area contributed by atoms with Gasteiger partial charge in [-0.05, 0) is 36.4 Å². The zero-order chi connectivity index (χ0) is 28.6. The number of hydrogen-bond acceptors (Lipinski definition) is 6. The topological polar surface area (TPSA) is 143 Å². The number of nitrogens with two attached hydrogens (primary N) is 1. The number of ether oxygens (including phenoxy) is 1. The van der Waals surface area contributed by atoms with Crippen LogP contribution in [-0.2, 0) is 15.8 Å². The number of aromatic amines is 1. The lowest BCUT2D eigenvalue weighted by Crippen LogP contribution is -2.51. The molecule has 0 spiro atoms. The normalized spacial score (nSPS) is 20.8. The van der Waals surface area contributed by atoms with E-state index in [1.807, 2.05) is 0 Å². The minimum atomic E-state index is -5.35. The first-order valence-electron chi connectivity index (χ1n) is 11.8. The number of benzene rings is 1. The van der Waals surface area contributed by atoms with Crippen molar-refractivity contribution in [3.63, 3.8) is 0 Å². The summed E-state index contributed by atoms with van der Waals surface area (Å²) in [6, 6.07) is 7.15. The lowest BCUT2D eigenvalue weighted by Gasteiger charge is -2.31. The standard InChI is InChI=1S/C26H18ClF4N5O4/c27-18-13-5-6-33-21(13)34-9-14(18)22(37)35-10-25(39,26(29,30)31)16-7-15-20(40-17-8-24(15,17)23(32)38)19(36-16)11-1-3-12(28)4-2-11/h1-7,9,17,39H,8,10H2,(H2,32,38)(H,33,34)(H,35,37)/t17?,24-,25?/m1/s1. The molecule has 9 nitrogen and oxygen atoms in total. The number of carbonyl (C=O) groups is 2. The van der Waals surface area contributed by atoms with E-state index >= 15 is 0 Å². The summed E-state index contributed by atoms with van der Waals surface area (Å²) < 4.78 is 63.0. The molecule has 0 bridgehead atoms. The molecule has 1 saturated carbocycles. The van der Waals surface area contributed by atoms with Crippen LogP contribution in [0.25, 0.3) is 22.3 Å². The van der Waals surface area contributed by atoms with Crippen molar-refractivity contribution in [1.29, 1.82) is 0 Å². The van der Waals surface area contributed by atoms with Gasteiger partial charge in [-0.25, -0.2) is 14.4 Å². The van der Waals surface area contributed by atoms with E-state index in [-0.39, 0.29) is 39.6 Å². The van der Waals surface area contributed by atoms with E-state index < -0.39 is 53.2 Å². The quantitative estimate of drug-likeness (QED) is 0.259. The van der Waals surface area contributed by atoms with E-state index in [0.29, 0.717) is 11.0 Å². The van der Waals surface area contributed by atoms with E-state index in [4.69, 9.17) is 22.1 Å². The van der Waals surface area contributed by atoms with Gasteiger partial charge < -0.3 is 25.9 Å². The van der Waals surface area contributed by atoms with E-state index in [0.717, 1.165) is 24.4 Å². The lowest BCUT2D eigenvalue weighted by molar-refractivity contribution is -0.265. The second-order valence-electron chi connectivity index (χ2n) is 9.65. The zero-order valence-corrected chi connectivity index (χ0v) is 20.9. The predicted molar refractivity (Wildman–Crippen MR) is 133 cm³/mol. The minimum Gasteiger partial charge on any atom is -0.486 e. The van der Waals surface area contributed by atoms with Crippen LogP contribution in [-0.4, -0.2) is 50.7 Å². The van der Waals surface area contributed by atoms with Gasteiger partial charge in [0.2, 0.25) is 11.5 Å². The molecule has 2 amide bonds. The molecule has 1 fully saturated rings. The number of amides is 2. The summed E-state index contributed by atoms with van der Waals surface area (Å²) in [5.41, 5.74) is -0.247. The van der Waals surface area contributed by atoms with Crippen molar-refractivity contribution in [3.8, 4) is 17.0 Å². The van der Waals surface area contributed by atoms with Crippen molar-refractivity contribution in [2.45, 2.75) is 29.7 Å². The highest BCUT2D eigenvalue weighted by Crippen LogP contribution is 2.61. The molecule has 5 N–H and O–H groups in total. The Kier molecular flexibility index (Phi) is 5.62. The minimum absolute atomic E-state index is 0.0108. The van der Waals surface area contributed by atoms with Gasteiger partial charge in [-0.3, -0.25) is 9.59 Å². The fourth-order valence-electron chi connectivity index (χ4n) is 4.97. The van der Waals surface area contributed by atoms with Gasteiger partial charge in [0.1, 0.15) is 28.7 Å². The lowest BCUT2D eigenvalue weighted by atomic mass is 9.89. The Morgan fingerprint density at radius 2 is 1.98 bits per heavy atom. The predicted octanol–water partition coefficient (Wildman–Crippen LogP) is 3.49. The molecule has 40 heavy (non-hydrogen) atoms. The van der Waals surface area contributed by atoms with Crippen LogP contribution in [0.4, 0.5) is 17.6 Å². The highest BCUT2D eigenvalue weighted by Gasteiger charge is 2.69. The number of alkyl halides is 3. The van der Waals surface area contributed by atoms with Gasteiger partial charge in [-0.1, -0.05) is 11.6 Å². The molecular weight excluding hydrogens is 558 g/mol. The van der Waals surface area contributed by atoms with Gasteiger partial charge in [0.05, 0.1) is 22.8 Å². The highest BCUT2D eigenvalue weighted by molar-refractivity contribution is 6.38. The SMILES string of the molecule is NC(=O)[C@@]12CC1Oc1c2cc(C(O)(CNC(=O)c2cnc3[nH]ccc3c2Cl)C(F)(F)F)nc1-c1ccc(F)cc1. The highest BCUT2D eigenvalue weighted by atomic mass is 35.5. The van der Waals surface area contributed by atoms with Crippen molar-refractivity contribution in [1.82, 2.24) is 20.3 Å². The number of carbonyl (C=O) groups excluding carboxylic acids is 2. The molecule has 206 valence electrons. The first-order valence-corrected chi connectivity index (χ1v) is 12.2. The number of hydrogen-bond donors (Lipinski definition) is 4. The molecule has 6 rings (SSSR count). The van der Waals surface area contributed by atoms with Gasteiger partial charge in [0.15, 0.2) is 5.75 Å². The number of nitrogens with zero attached hydrogens (tertiary/aromatic N) is 2. The van der Waals surface area contributed by atoms with Gasteiger partial charge in [-0.15, -0.1) is 0 Å². The fraction of sp³-hybridized carbons (Fsp3) is 0.231. The Morgan fingerprint density at radius 1 is 1.25 bits per heavy atom. The average molecular weight is 576 g/mol. The third-order valence-corrected chi connectivity index (χ3v) is 7.74. The number of nitrogens with one attached hydrogen (secondary N) is 2. The molecule has 1 aliphatic carbocycles. The molecule has 4 heterocycles. The Morgan fingerprint density at radius 3 is 2.65 bits per heavy atom. The molecular formula is C26H18ClF4N5O4. The molecule has 14 heteroatoms. The van der Waals surface area contributed by atoms with E-state index in [9.17, 15) is 32.3 Å². The van der Waals surface area contributed by atoms with Crippen molar-refractivity contribution in [2.75, 3.05) is 6.54 Å². The van der Waals surface area contributed by atoms with Crippen molar-refractivity contribution in [2.24, 2.45) is 5.73 Å². The number of aromatic nitrogens is 3. The number of pyridine rings is 2. The fourth-order valence-corrected chi connectivity index (χ4v) is 5.25. The van der Waals surface area contributed by atoms with E-state index in [1.54, 1.807) is 6.07 Å². The molecule has 1 aliphatic heterocycles. The molecule has 3 aromatic heterocycles. The molecule has 4 aromatic rings. The maximum atomic E-state index is 14.5. The van der Waals surface area contributed by atoms with Crippen LogP contribution in [0, 0.1) is 5.82 Å². The summed E-state index contributed by atoms with van der Waals surface area (Å²) in [7, 11) is 0. The second-order valence-corrected chi connectivity index (χ2v) is 10.0. The number of halogens is 5. The van der Waals surface area contributed by atoms with Crippen LogP contribution in [0.15, 0.2) is 48.8 Å². The molecule has 3 atom stereocenters. The van der Waals surface area contributed by atoms with Gasteiger partial charge >= 0.3 is 6.18 Å². The van der Waals surface area contributed by atoms with E-state index in [1.165, 1.54) is 18.3 Å². The number of H-pyrrole nitrogens is 1. The zero-order valence-electron chi connectivity index (χ0n) is 20.1. The Hall–Kier alpha value is -4.23. The van der Waals surface area contributed by atoms with Crippen LogP contribution >= 0.6 is 11.6 Å². The summed E-state index contributed by atoms with van der Waals surface area (Å²) >= 11 is 6.26. The van der Waals surface area contributed by atoms with Crippen molar-refractivity contribution < 1.29 is 37.0 Å². The number of rotatable bonds is 6. The second kappa shape index (κ2) is 8.63. The monoisotopic (exact) mass is 575 g/mol. The average Bonchev–Trinajstić information content (AvgIpc) is 3.26. The molecule has 0 saturated heterocycles. The smallest absolute Gasteiger partial charge is 0.424 e. The summed E-state index contributed by atoms with van der Waals surface area (Å²) in [6.45, 7) is -1.36. The van der Waals surface area contributed by atoms with Crippen LogP contribution in [0.3, 0.4) is 0 Å². The third-order valence-electron chi connectivity index (χ3n) is 7.33. The maximum Gasteiger partial charge on any atom is 0.424 e. The van der Waals surface area contributed by atoms with Crippen LogP contribution in [0.2, 0.25) is 5.02 Å². The van der Waals surface area contributed by atoms with Gasteiger partial charge in [-0.2, -0.15) is 13.2 Å². The first-order chi connectivity index (χ1) is 18.9. The molecule has 0 radical (unpaired) electrons. The Bertz CT molecular complexity index is 1710. The summed E-state index contributed by atoms with van der Waals surface area (Å²) in [4.78, 5) is 36.1. The number of fused-ring (bicyclic) bond motifs is 4. The Labute approximate surface area is 227 Å². The summed E-state index contributed by atoms with van der Waals surface area (Å²) in [6.07, 6.45) is -3.32. The van der Waals surface area contributed by atoms with Crippen molar-refractivity contribution in [3.05, 3.63) is 76.5 Å². The van der Waals surface area contributed by atoms with Gasteiger partial charge in [0, 0.05) is 35.3 Å². The summed E-state index contributed by atoms with van der Waals surface area (Å²) in [5, 5.41) is 13.5. The molecule has 1 aromatic carbocycles. The van der Waals surface area contributed by atoms with Crippen LogP contribution in [0.5, 0.6) is 5.75 Å². The molecule has 2 unspecified atom stereocenters.